The second-order valence-corrected chi connectivity index (χ2v) is 5.11. The molecule has 0 fully saturated rings. The molecule has 0 heterocycles. The molecule has 0 radical (unpaired) electrons. The van der Waals surface area contributed by atoms with Gasteiger partial charge in [-0.05, 0) is 38.5 Å². The molecule has 0 aliphatic carbocycles. The van der Waals surface area contributed by atoms with Crippen LogP contribution in [0.15, 0.2) is 24.3 Å². The number of carbonyl (C=O) groups is 4. The zero-order valence-electron chi connectivity index (χ0n) is 14.1. The molecule has 0 unspecified atom stereocenters. The highest BCUT2D eigenvalue weighted by molar-refractivity contribution is 5.79. The Morgan fingerprint density at radius 2 is 0.920 bits per heavy atom. The molecule has 0 aliphatic rings. The van der Waals surface area contributed by atoms with Gasteiger partial charge in [0.1, 0.15) is 0 Å². The lowest BCUT2D eigenvalue weighted by Crippen LogP contribution is -1.93. The van der Waals surface area contributed by atoms with E-state index < -0.39 is 23.9 Å². The lowest BCUT2D eigenvalue weighted by Gasteiger charge is -1.94. The van der Waals surface area contributed by atoms with E-state index in [2.05, 4.69) is 0 Å². The van der Waals surface area contributed by atoms with E-state index >= 15 is 0 Å². The summed E-state index contributed by atoms with van der Waals surface area (Å²) in [7, 11) is 0. The van der Waals surface area contributed by atoms with Gasteiger partial charge in [0.05, 0.1) is 0 Å². The summed E-state index contributed by atoms with van der Waals surface area (Å²) in [4.78, 5) is 40.1. The topological polar surface area (TPSA) is 149 Å². The molecule has 0 saturated carbocycles. The molecule has 0 spiro atoms. The van der Waals surface area contributed by atoms with Crippen LogP contribution in [0.5, 0.6) is 0 Å². The van der Waals surface area contributed by atoms with Gasteiger partial charge in [0, 0.05) is 25.0 Å². The summed E-state index contributed by atoms with van der Waals surface area (Å²) in [6.45, 7) is 0. The number of carboxylic acids is 4. The highest BCUT2D eigenvalue weighted by atomic mass is 16.4. The van der Waals surface area contributed by atoms with Crippen molar-refractivity contribution in [2.45, 2.75) is 57.8 Å². The smallest absolute Gasteiger partial charge is 0.327 e. The van der Waals surface area contributed by atoms with Gasteiger partial charge in [-0.3, -0.25) is 9.59 Å². The van der Waals surface area contributed by atoms with E-state index in [1.54, 1.807) is 6.08 Å². The average Bonchev–Trinajstić information content (AvgIpc) is 2.49. The number of rotatable bonds is 13. The zero-order valence-corrected chi connectivity index (χ0v) is 14.1. The van der Waals surface area contributed by atoms with Crippen molar-refractivity contribution >= 4 is 23.9 Å². The quantitative estimate of drug-likeness (QED) is 0.290. The Morgan fingerprint density at radius 1 is 0.560 bits per heavy atom. The molecular weight excluding hydrogens is 332 g/mol. The fraction of sp³-hybridized carbons (Fsp3) is 0.529. The largest absolute Gasteiger partial charge is 0.481 e. The summed E-state index contributed by atoms with van der Waals surface area (Å²) in [5, 5.41) is 32.9. The maximum atomic E-state index is 10.1. The molecule has 0 atom stereocenters. The van der Waals surface area contributed by atoms with Crippen LogP contribution in [-0.4, -0.2) is 44.3 Å². The Kier molecular flexibility index (Phi) is 17.4. The van der Waals surface area contributed by atoms with Crippen LogP contribution >= 0.6 is 0 Å². The lowest BCUT2D eigenvalue weighted by atomic mass is 10.1. The van der Waals surface area contributed by atoms with Crippen molar-refractivity contribution in [2.75, 3.05) is 0 Å². The van der Waals surface area contributed by atoms with Gasteiger partial charge in [-0.2, -0.15) is 0 Å². The number of unbranched alkanes of at least 4 members (excludes halogenated alkanes) is 5. The molecule has 0 aromatic heterocycles. The summed E-state index contributed by atoms with van der Waals surface area (Å²) in [5.41, 5.74) is 0. The third-order valence-electron chi connectivity index (χ3n) is 2.79. The lowest BCUT2D eigenvalue weighted by molar-refractivity contribution is -0.138. The van der Waals surface area contributed by atoms with Crippen molar-refractivity contribution < 1.29 is 39.6 Å². The van der Waals surface area contributed by atoms with Gasteiger partial charge in [-0.25, -0.2) is 9.59 Å². The van der Waals surface area contributed by atoms with Gasteiger partial charge < -0.3 is 20.4 Å². The van der Waals surface area contributed by atoms with Crippen LogP contribution in [0.25, 0.3) is 0 Å². The van der Waals surface area contributed by atoms with Crippen LogP contribution in [0.3, 0.4) is 0 Å². The normalized spacial score (nSPS) is 10.4. The second kappa shape index (κ2) is 17.7. The zero-order chi connectivity index (χ0) is 19.5. The fourth-order valence-electron chi connectivity index (χ4n) is 1.62. The van der Waals surface area contributed by atoms with Gasteiger partial charge in [-0.1, -0.05) is 18.6 Å². The highest BCUT2D eigenvalue weighted by Crippen LogP contribution is 2.03. The maximum Gasteiger partial charge on any atom is 0.327 e. The minimum atomic E-state index is -0.965. The minimum Gasteiger partial charge on any atom is -0.481 e. The van der Waals surface area contributed by atoms with Crippen molar-refractivity contribution in [3.8, 4) is 0 Å². The maximum absolute atomic E-state index is 10.1. The first-order valence-corrected chi connectivity index (χ1v) is 7.98. The Bertz CT molecular complexity index is 465. The van der Waals surface area contributed by atoms with Crippen molar-refractivity contribution in [1.82, 2.24) is 0 Å². The Hall–Kier alpha value is -2.64. The predicted octanol–water partition coefficient (Wildman–Crippen LogP) is 2.93. The Morgan fingerprint density at radius 3 is 1.28 bits per heavy atom. The first-order chi connectivity index (χ1) is 11.8. The van der Waals surface area contributed by atoms with Crippen molar-refractivity contribution in [2.24, 2.45) is 0 Å². The fourth-order valence-corrected chi connectivity index (χ4v) is 1.62. The van der Waals surface area contributed by atoms with Crippen LogP contribution < -0.4 is 0 Å². The molecule has 0 aromatic carbocycles. The van der Waals surface area contributed by atoms with E-state index in [0.29, 0.717) is 25.7 Å². The summed E-state index contributed by atoms with van der Waals surface area (Å²) < 4.78 is 0. The standard InChI is InChI=1S/C9H14O4.C8H12O4/c10-8(11)6-4-2-1-3-5-7-9(12)13;9-7(10)5-3-1-2-4-6-8(11)12/h4,6H,1-3,5,7H2,(H,10,11)(H,12,13);3,5H,1-2,4,6H2,(H,9,10)(H,11,12). The molecule has 0 bridgehead atoms. The third kappa shape index (κ3) is 29.9. The monoisotopic (exact) mass is 358 g/mol. The van der Waals surface area contributed by atoms with E-state index in [1.165, 1.54) is 6.08 Å². The molecule has 4 N–H and O–H groups in total. The van der Waals surface area contributed by atoms with Gasteiger partial charge in [0.15, 0.2) is 0 Å². The van der Waals surface area contributed by atoms with E-state index in [0.717, 1.165) is 31.4 Å². The number of hydrogen-bond donors (Lipinski definition) is 4. The first-order valence-electron chi connectivity index (χ1n) is 7.98. The summed E-state index contributed by atoms with van der Waals surface area (Å²) in [6, 6.07) is 0. The number of hydrogen-bond acceptors (Lipinski definition) is 4. The third-order valence-corrected chi connectivity index (χ3v) is 2.79. The first kappa shape index (κ1) is 24.6. The van der Waals surface area contributed by atoms with E-state index in [1.807, 2.05) is 0 Å². The molecule has 25 heavy (non-hydrogen) atoms. The summed E-state index contributed by atoms with van der Waals surface area (Å²) >= 11 is 0. The number of allylic oxidation sites excluding steroid dienone is 2. The van der Waals surface area contributed by atoms with Gasteiger partial charge in [0.25, 0.3) is 0 Å². The highest BCUT2D eigenvalue weighted by Gasteiger charge is 1.95. The molecule has 0 aliphatic heterocycles. The molecule has 0 saturated heterocycles. The van der Waals surface area contributed by atoms with Crippen LogP contribution in [-0.2, 0) is 19.2 Å². The summed E-state index contributed by atoms with van der Waals surface area (Å²) in [5.74, 6) is -3.49. The van der Waals surface area contributed by atoms with E-state index in [-0.39, 0.29) is 12.8 Å². The molecule has 142 valence electrons. The van der Waals surface area contributed by atoms with Gasteiger partial charge in [0.2, 0.25) is 0 Å². The van der Waals surface area contributed by atoms with Crippen molar-refractivity contribution in [3.05, 3.63) is 24.3 Å². The van der Waals surface area contributed by atoms with Crippen LogP contribution in [0.2, 0.25) is 0 Å². The number of carboxylic acid groups (broad SMARTS) is 4. The van der Waals surface area contributed by atoms with E-state index in [9.17, 15) is 19.2 Å². The molecule has 0 aromatic rings. The molecule has 8 nitrogen and oxygen atoms in total. The average molecular weight is 358 g/mol. The summed E-state index contributed by atoms with van der Waals surface area (Å²) in [6.07, 6.45) is 10.6. The molecular formula is C17H26O8. The van der Waals surface area contributed by atoms with Gasteiger partial charge >= 0.3 is 23.9 Å². The van der Waals surface area contributed by atoms with Crippen LogP contribution in [0, 0.1) is 0 Å². The Labute approximate surface area is 146 Å². The predicted molar refractivity (Wildman–Crippen MR) is 90.4 cm³/mol. The second-order valence-electron chi connectivity index (χ2n) is 5.11. The van der Waals surface area contributed by atoms with Crippen LogP contribution in [0.1, 0.15) is 57.8 Å². The molecule has 0 amide bonds. The number of aliphatic carboxylic acids is 4. The van der Waals surface area contributed by atoms with Gasteiger partial charge in [-0.15, -0.1) is 0 Å². The molecule has 0 rings (SSSR count). The SMILES string of the molecule is O=C(O)C=CCCCCC(=O)O.O=C(O)C=CCCCCCC(=O)O. The minimum absolute atomic E-state index is 0.154. The van der Waals surface area contributed by atoms with E-state index in [4.69, 9.17) is 20.4 Å². The van der Waals surface area contributed by atoms with Crippen LogP contribution in [0.4, 0.5) is 0 Å². The van der Waals surface area contributed by atoms with Crippen molar-refractivity contribution in [3.63, 3.8) is 0 Å². The van der Waals surface area contributed by atoms with Crippen molar-refractivity contribution in [1.29, 1.82) is 0 Å². The molecule has 8 heteroatoms. The Balaban J connectivity index is 0.